The van der Waals surface area contributed by atoms with Crippen molar-refractivity contribution in [3.63, 3.8) is 0 Å². The van der Waals surface area contributed by atoms with Crippen LogP contribution in [0.1, 0.15) is 36.7 Å². The summed E-state index contributed by atoms with van der Waals surface area (Å²) >= 11 is 5.97. The first kappa shape index (κ1) is 18.0. The third-order valence-electron chi connectivity index (χ3n) is 3.40. The molecule has 0 atom stereocenters. The zero-order valence-corrected chi connectivity index (χ0v) is 14.6. The first-order chi connectivity index (χ1) is 11.6. The molecule has 0 aliphatic rings. The molecular formula is C17H21ClN4O2. The van der Waals surface area contributed by atoms with Crippen LogP contribution in [0.25, 0.3) is 0 Å². The predicted octanol–water partition coefficient (Wildman–Crippen LogP) is 3.99. The van der Waals surface area contributed by atoms with E-state index in [2.05, 4.69) is 27.5 Å². The summed E-state index contributed by atoms with van der Waals surface area (Å²) in [6.07, 6.45) is 4.73. The Kier molecular flexibility index (Phi) is 6.81. The largest absolute Gasteiger partial charge is 0.495 e. The van der Waals surface area contributed by atoms with Gasteiger partial charge >= 0.3 is 0 Å². The van der Waals surface area contributed by atoms with Crippen LogP contribution in [0.3, 0.4) is 0 Å². The molecule has 1 aromatic carbocycles. The van der Waals surface area contributed by atoms with Crippen LogP contribution in [0.4, 0.5) is 11.5 Å². The molecule has 0 aliphatic carbocycles. The number of hydrogen-bond donors (Lipinski definition) is 2. The maximum atomic E-state index is 12.4. The van der Waals surface area contributed by atoms with Gasteiger partial charge in [0.15, 0.2) is 0 Å². The van der Waals surface area contributed by atoms with E-state index in [0.29, 0.717) is 22.3 Å². The molecule has 128 valence electrons. The fourth-order valence-corrected chi connectivity index (χ4v) is 2.31. The number of anilines is 2. The van der Waals surface area contributed by atoms with Crippen LogP contribution >= 0.6 is 11.6 Å². The summed E-state index contributed by atoms with van der Waals surface area (Å²) in [5.41, 5.74) is 0.760. The summed E-state index contributed by atoms with van der Waals surface area (Å²) in [5, 5.41) is 6.46. The minimum absolute atomic E-state index is 0.269. The molecule has 0 unspecified atom stereocenters. The van der Waals surface area contributed by atoms with Gasteiger partial charge in [0.05, 0.1) is 12.8 Å². The highest BCUT2D eigenvalue weighted by atomic mass is 35.5. The number of carbonyl (C=O) groups is 1. The third kappa shape index (κ3) is 5.09. The average Bonchev–Trinajstić information content (AvgIpc) is 2.59. The predicted molar refractivity (Wildman–Crippen MR) is 96.0 cm³/mol. The Hall–Kier alpha value is -2.34. The van der Waals surface area contributed by atoms with Gasteiger partial charge in [-0.05, 0) is 24.6 Å². The average molecular weight is 349 g/mol. The van der Waals surface area contributed by atoms with E-state index < -0.39 is 0 Å². The van der Waals surface area contributed by atoms with Crippen molar-refractivity contribution in [3.05, 3.63) is 41.3 Å². The fourth-order valence-electron chi connectivity index (χ4n) is 2.13. The number of amides is 1. The van der Waals surface area contributed by atoms with Gasteiger partial charge in [-0.15, -0.1) is 0 Å². The van der Waals surface area contributed by atoms with Gasteiger partial charge in [0.2, 0.25) is 0 Å². The summed E-state index contributed by atoms with van der Waals surface area (Å²) in [6, 6.07) is 6.64. The fraction of sp³-hybridized carbons (Fsp3) is 0.353. The molecule has 0 saturated heterocycles. The number of benzene rings is 1. The molecule has 2 rings (SSSR count). The number of nitrogens with zero attached hydrogens (tertiary/aromatic N) is 2. The molecule has 0 radical (unpaired) electrons. The smallest absolute Gasteiger partial charge is 0.274 e. The van der Waals surface area contributed by atoms with Gasteiger partial charge in [-0.3, -0.25) is 4.79 Å². The number of methoxy groups -OCH3 is 1. The van der Waals surface area contributed by atoms with E-state index in [4.69, 9.17) is 16.3 Å². The summed E-state index contributed by atoms with van der Waals surface area (Å²) in [4.78, 5) is 20.5. The van der Waals surface area contributed by atoms with E-state index in [1.807, 2.05) is 0 Å². The number of hydrogen-bond acceptors (Lipinski definition) is 5. The minimum atomic E-state index is -0.352. The Morgan fingerprint density at radius 2 is 2.08 bits per heavy atom. The molecule has 6 nitrogen and oxygen atoms in total. The lowest BCUT2D eigenvalue weighted by Gasteiger charge is -2.11. The van der Waals surface area contributed by atoms with Crippen molar-refractivity contribution in [2.75, 3.05) is 24.3 Å². The molecule has 1 aromatic heterocycles. The van der Waals surface area contributed by atoms with Crippen molar-refractivity contribution >= 4 is 29.0 Å². The second kappa shape index (κ2) is 9.08. The van der Waals surface area contributed by atoms with Crippen LogP contribution in [-0.4, -0.2) is 29.5 Å². The second-order valence-corrected chi connectivity index (χ2v) is 5.66. The molecule has 7 heteroatoms. The minimum Gasteiger partial charge on any atom is -0.495 e. The normalized spacial score (nSPS) is 10.3. The number of rotatable bonds is 8. The molecule has 1 amide bonds. The van der Waals surface area contributed by atoms with Gasteiger partial charge in [-0.25, -0.2) is 9.97 Å². The van der Waals surface area contributed by atoms with Crippen LogP contribution in [0.15, 0.2) is 30.6 Å². The highest BCUT2D eigenvalue weighted by molar-refractivity contribution is 6.31. The van der Waals surface area contributed by atoms with E-state index in [-0.39, 0.29) is 11.6 Å². The number of aromatic nitrogens is 2. The number of ether oxygens (including phenoxy) is 1. The van der Waals surface area contributed by atoms with Crippen molar-refractivity contribution in [1.82, 2.24) is 9.97 Å². The molecule has 0 aliphatic heterocycles. The number of halogens is 1. The van der Waals surface area contributed by atoms with Crippen LogP contribution in [-0.2, 0) is 0 Å². The van der Waals surface area contributed by atoms with E-state index >= 15 is 0 Å². The summed E-state index contributed by atoms with van der Waals surface area (Å²) in [7, 11) is 1.53. The lowest BCUT2D eigenvalue weighted by Crippen LogP contribution is -2.15. The number of unbranched alkanes of at least 4 members (excludes halogenated alkanes) is 2. The van der Waals surface area contributed by atoms with Crippen LogP contribution in [0.2, 0.25) is 5.02 Å². The molecule has 0 fully saturated rings. The van der Waals surface area contributed by atoms with E-state index in [1.165, 1.54) is 13.4 Å². The molecule has 0 spiro atoms. The highest BCUT2D eigenvalue weighted by Crippen LogP contribution is 2.28. The van der Waals surface area contributed by atoms with Gasteiger partial charge < -0.3 is 15.4 Å². The van der Waals surface area contributed by atoms with Crippen molar-refractivity contribution in [1.29, 1.82) is 0 Å². The topological polar surface area (TPSA) is 76.1 Å². The van der Waals surface area contributed by atoms with Crippen LogP contribution < -0.4 is 15.4 Å². The van der Waals surface area contributed by atoms with Crippen LogP contribution in [0.5, 0.6) is 5.75 Å². The Bertz CT molecular complexity index is 694. The van der Waals surface area contributed by atoms with Crippen molar-refractivity contribution < 1.29 is 9.53 Å². The first-order valence-electron chi connectivity index (χ1n) is 7.85. The lowest BCUT2D eigenvalue weighted by molar-refractivity contribution is 0.102. The van der Waals surface area contributed by atoms with Gasteiger partial charge in [0, 0.05) is 17.6 Å². The zero-order valence-electron chi connectivity index (χ0n) is 13.8. The highest BCUT2D eigenvalue weighted by Gasteiger charge is 2.12. The first-order valence-corrected chi connectivity index (χ1v) is 8.22. The monoisotopic (exact) mass is 348 g/mol. The molecule has 0 saturated carbocycles. The Morgan fingerprint density at radius 3 is 2.83 bits per heavy atom. The van der Waals surface area contributed by atoms with Gasteiger partial charge in [0.1, 0.15) is 23.6 Å². The van der Waals surface area contributed by atoms with Gasteiger partial charge in [-0.2, -0.15) is 0 Å². The quantitative estimate of drug-likeness (QED) is 0.705. The lowest BCUT2D eigenvalue weighted by atomic mass is 10.2. The standard InChI is InChI=1S/C17H21ClN4O2/c1-3-4-5-8-19-16-10-14(20-11-21-16)17(23)22-13-9-12(18)6-7-15(13)24-2/h6-7,9-11H,3-5,8H2,1-2H3,(H,22,23)(H,19,20,21). The van der Waals surface area contributed by atoms with Gasteiger partial charge in [-0.1, -0.05) is 31.4 Å². The second-order valence-electron chi connectivity index (χ2n) is 5.22. The Labute approximate surface area is 146 Å². The summed E-state index contributed by atoms with van der Waals surface area (Å²) < 4.78 is 5.22. The Morgan fingerprint density at radius 1 is 1.25 bits per heavy atom. The van der Waals surface area contributed by atoms with E-state index in [0.717, 1.165) is 25.8 Å². The number of carbonyl (C=O) groups excluding carboxylic acids is 1. The van der Waals surface area contributed by atoms with E-state index in [1.54, 1.807) is 24.3 Å². The summed E-state index contributed by atoms with van der Waals surface area (Å²) in [5.74, 6) is 0.804. The van der Waals surface area contributed by atoms with E-state index in [9.17, 15) is 4.79 Å². The molecular weight excluding hydrogens is 328 g/mol. The molecule has 0 bridgehead atoms. The zero-order chi connectivity index (χ0) is 17.4. The van der Waals surface area contributed by atoms with Crippen molar-refractivity contribution in [3.8, 4) is 5.75 Å². The summed E-state index contributed by atoms with van der Waals surface area (Å²) in [6.45, 7) is 2.96. The maximum Gasteiger partial charge on any atom is 0.274 e. The third-order valence-corrected chi connectivity index (χ3v) is 3.63. The maximum absolute atomic E-state index is 12.4. The molecule has 2 aromatic rings. The Balaban J connectivity index is 2.06. The van der Waals surface area contributed by atoms with Crippen molar-refractivity contribution in [2.45, 2.75) is 26.2 Å². The van der Waals surface area contributed by atoms with Crippen LogP contribution in [0, 0.1) is 0 Å². The molecule has 2 N–H and O–H groups in total. The molecule has 1 heterocycles. The number of nitrogens with one attached hydrogen (secondary N) is 2. The molecule has 24 heavy (non-hydrogen) atoms. The SMILES string of the molecule is CCCCCNc1cc(C(=O)Nc2cc(Cl)ccc2OC)ncn1. The van der Waals surface area contributed by atoms with Crippen molar-refractivity contribution in [2.24, 2.45) is 0 Å². The van der Waals surface area contributed by atoms with Gasteiger partial charge in [0.25, 0.3) is 5.91 Å².